The normalized spacial score (nSPS) is 12.9. The van der Waals surface area contributed by atoms with Gasteiger partial charge in [0.15, 0.2) is 0 Å². The van der Waals surface area contributed by atoms with Crippen molar-refractivity contribution in [3.63, 3.8) is 0 Å². The molecule has 0 heterocycles. The van der Waals surface area contributed by atoms with Gasteiger partial charge in [0.1, 0.15) is 10.9 Å². The third-order valence-electron chi connectivity index (χ3n) is 2.63. The number of nitrogens with two attached hydrogens (primary N) is 3. The molecular weight excluding hydrogens is 282 g/mol. The number of carbonyl (C=O) groups is 1. The van der Waals surface area contributed by atoms with Crippen molar-refractivity contribution >= 4 is 21.8 Å². The van der Waals surface area contributed by atoms with Gasteiger partial charge in [0.05, 0.1) is 0 Å². The van der Waals surface area contributed by atoms with Gasteiger partial charge < -0.3 is 21.4 Å². The highest BCUT2D eigenvalue weighted by Gasteiger charge is 2.24. The molecule has 0 saturated carbocycles. The molecule has 1 rings (SSSR count). The lowest BCUT2D eigenvalue weighted by Gasteiger charge is -2.11. The van der Waals surface area contributed by atoms with Crippen LogP contribution >= 0.6 is 0 Å². The van der Waals surface area contributed by atoms with E-state index in [0.717, 1.165) is 0 Å². The highest BCUT2D eigenvalue weighted by molar-refractivity contribution is 7.87. The van der Waals surface area contributed by atoms with Crippen LogP contribution in [0.3, 0.4) is 0 Å². The summed E-state index contributed by atoms with van der Waals surface area (Å²) >= 11 is 0. The van der Waals surface area contributed by atoms with E-state index < -0.39 is 22.1 Å². The first-order valence-corrected chi connectivity index (χ1v) is 7.57. The number of nitrogen functional groups attached to an aromatic ring is 1. The zero-order valence-electron chi connectivity index (χ0n) is 11.0. The Bertz CT molecular complexity index is 542. The Labute approximate surface area is 118 Å². The summed E-state index contributed by atoms with van der Waals surface area (Å²) in [6.07, 6.45) is 1.67. The first kappa shape index (κ1) is 16.4. The smallest absolute Gasteiger partial charge is 0.341 e. The van der Waals surface area contributed by atoms with E-state index in [2.05, 4.69) is 4.18 Å². The molecule has 7 nitrogen and oxygen atoms in total. The van der Waals surface area contributed by atoms with Crippen LogP contribution in [0, 0.1) is 0 Å². The highest BCUT2D eigenvalue weighted by Crippen LogP contribution is 2.15. The number of unbranched alkanes of at least 4 members (excludes halogenated alkanes) is 1. The lowest BCUT2D eigenvalue weighted by Crippen LogP contribution is -2.33. The van der Waals surface area contributed by atoms with Gasteiger partial charge in [-0.1, -0.05) is 6.42 Å². The molecular formula is C12H19N3O4S. The summed E-state index contributed by atoms with van der Waals surface area (Å²) in [6, 6.07) is 4.35. The second kappa shape index (κ2) is 7.22. The Hall–Kier alpha value is -1.64. The van der Waals surface area contributed by atoms with Gasteiger partial charge in [-0.25, -0.2) is 4.79 Å². The zero-order valence-corrected chi connectivity index (χ0v) is 11.8. The SMILES string of the molecule is NCCCC[C@H](N)C(=O)OS(=O)(=O)c1ccc(N)cc1. The lowest BCUT2D eigenvalue weighted by molar-refractivity contribution is -0.135. The summed E-state index contributed by atoms with van der Waals surface area (Å²) in [5, 5.41) is 0. The number of anilines is 1. The average Bonchev–Trinajstić information content (AvgIpc) is 2.38. The van der Waals surface area contributed by atoms with Crippen molar-refractivity contribution in [2.24, 2.45) is 11.5 Å². The Kier molecular flexibility index (Phi) is 5.93. The predicted molar refractivity (Wildman–Crippen MR) is 75.0 cm³/mol. The van der Waals surface area contributed by atoms with Crippen LogP contribution in [-0.4, -0.2) is 27.0 Å². The molecule has 0 aromatic heterocycles. The lowest BCUT2D eigenvalue weighted by atomic mass is 10.1. The van der Waals surface area contributed by atoms with Crippen LogP contribution in [0.4, 0.5) is 5.69 Å². The van der Waals surface area contributed by atoms with Gasteiger partial charge in [0, 0.05) is 5.69 Å². The second-order valence-electron chi connectivity index (χ2n) is 4.32. The standard InChI is InChI=1S/C12H19N3O4S/c13-8-2-1-3-11(15)12(16)19-20(17,18)10-6-4-9(14)5-7-10/h4-7,11H,1-3,8,13-15H2/t11-/m0/s1. The van der Waals surface area contributed by atoms with Crippen LogP contribution in [-0.2, 0) is 19.1 Å². The number of carbonyl (C=O) groups excluding carboxylic acids is 1. The third-order valence-corrected chi connectivity index (χ3v) is 3.87. The maximum atomic E-state index is 11.8. The van der Waals surface area contributed by atoms with Crippen LogP contribution in [0.5, 0.6) is 0 Å². The molecule has 0 radical (unpaired) electrons. The quantitative estimate of drug-likeness (QED) is 0.364. The van der Waals surface area contributed by atoms with Crippen LogP contribution in [0.2, 0.25) is 0 Å². The van der Waals surface area contributed by atoms with Crippen molar-refractivity contribution in [2.75, 3.05) is 12.3 Å². The molecule has 1 aromatic rings. The summed E-state index contributed by atoms with van der Waals surface area (Å²) in [5.74, 6) is -0.973. The minimum atomic E-state index is -4.16. The minimum Gasteiger partial charge on any atom is -0.399 e. The van der Waals surface area contributed by atoms with E-state index in [1.807, 2.05) is 0 Å². The largest absolute Gasteiger partial charge is 0.399 e. The van der Waals surface area contributed by atoms with Crippen LogP contribution < -0.4 is 17.2 Å². The maximum Gasteiger partial charge on any atom is 0.341 e. The molecule has 0 aliphatic carbocycles. The summed E-state index contributed by atoms with van der Waals surface area (Å²) in [6.45, 7) is 0.492. The van der Waals surface area contributed by atoms with Crippen molar-refractivity contribution in [2.45, 2.75) is 30.2 Å². The van der Waals surface area contributed by atoms with Gasteiger partial charge >= 0.3 is 16.1 Å². The summed E-state index contributed by atoms with van der Waals surface area (Å²) < 4.78 is 28.2. The highest BCUT2D eigenvalue weighted by atomic mass is 32.2. The first-order chi connectivity index (χ1) is 9.36. The van der Waals surface area contributed by atoms with Crippen LogP contribution in [0.25, 0.3) is 0 Å². The maximum absolute atomic E-state index is 11.8. The van der Waals surface area contributed by atoms with E-state index in [1.165, 1.54) is 24.3 Å². The molecule has 0 saturated heterocycles. The number of rotatable bonds is 7. The zero-order chi connectivity index (χ0) is 15.2. The number of hydrogen-bond donors (Lipinski definition) is 3. The van der Waals surface area contributed by atoms with Gasteiger partial charge in [-0.2, -0.15) is 8.42 Å². The summed E-state index contributed by atoms with van der Waals surface area (Å²) in [7, 11) is -4.16. The van der Waals surface area contributed by atoms with E-state index >= 15 is 0 Å². The molecule has 0 fully saturated rings. The van der Waals surface area contributed by atoms with E-state index in [9.17, 15) is 13.2 Å². The molecule has 0 unspecified atom stereocenters. The van der Waals surface area contributed by atoms with Crippen LogP contribution in [0.15, 0.2) is 29.2 Å². The predicted octanol–water partition coefficient (Wildman–Crippen LogP) is -0.0430. The molecule has 1 atom stereocenters. The molecule has 0 amide bonds. The van der Waals surface area contributed by atoms with Crippen LogP contribution in [0.1, 0.15) is 19.3 Å². The van der Waals surface area contributed by atoms with E-state index in [1.54, 1.807) is 0 Å². The van der Waals surface area contributed by atoms with Gasteiger partial charge in [-0.05, 0) is 43.7 Å². The van der Waals surface area contributed by atoms with Crippen molar-refractivity contribution in [1.29, 1.82) is 0 Å². The molecule has 0 bridgehead atoms. The van der Waals surface area contributed by atoms with Crippen molar-refractivity contribution < 1.29 is 17.4 Å². The number of hydrogen-bond acceptors (Lipinski definition) is 7. The van der Waals surface area contributed by atoms with Gasteiger partial charge in [0.25, 0.3) is 0 Å². The Morgan fingerprint density at radius 1 is 1.20 bits per heavy atom. The second-order valence-corrected chi connectivity index (χ2v) is 5.86. The fourth-order valence-electron chi connectivity index (χ4n) is 1.48. The van der Waals surface area contributed by atoms with Gasteiger partial charge in [0.2, 0.25) is 0 Å². The van der Waals surface area contributed by atoms with Gasteiger partial charge in [-0.15, -0.1) is 0 Å². The topological polar surface area (TPSA) is 138 Å². The fourth-order valence-corrected chi connectivity index (χ4v) is 2.38. The van der Waals surface area contributed by atoms with Gasteiger partial charge in [-0.3, -0.25) is 0 Å². The third kappa shape index (κ3) is 4.80. The molecule has 0 aliphatic heterocycles. The monoisotopic (exact) mass is 301 g/mol. The Balaban J connectivity index is 2.66. The Morgan fingerprint density at radius 3 is 2.35 bits per heavy atom. The average molecular weight is 301 g/mol. The molecule has 1 aromatic carbocycles. The number of benzene rings is 1. The summed E-state index contributed by atoms with van der Waals surface area (Å²) in [5.41, 5.74) is 16.8. The van der Waals surface area contributed by atoms with Crippen molar-refractivity contribution in [3.05, 3.63) is 24.3 Å². The molecule has 0 spiro atoms. The summed E-state index contributed by atoms with van der Waals surface area (Å²) in [4.78, 5) is 11.5. The fraction of sp³-hybridized carbons (Fsp3) is 0.417. The van der Waals surface area contributed by atoms with Crippen molar-refractivity contribution in [3.8, 4) is 0 Å². The molecule has 20 heavy (non-hydrogen) atoms. The molecule has 8 heteroatoms. The minimum absolute atomic E-state index is 0.144. The molecule has 6 N–H and O–H groups in total. The first-order valence-electron chi connectivity index (χ1n) is 6.16. The van der Waals surface area contributed by atoms with Crippen molar-refractivity contribution in [1.82, 2.24) is 0 Å². The molecule has 112 valence electrons. The van der Waals surface area contributed by atoms with E-state index in [-0.39, 0.29) is 4.90 Å². The van der Waals surface area contributed by atoms with E-state index in [0.29, 0.717) is 31.5 Å². The Morgan fingerprint density at radius 2 is 1.80 bits per heavy atom. The van der Waals surface area contributed by atoms with E-state index in [4.69, 9.17) is 17.2 Å². The molecule has 0 aliphatic rings.